The first-order valence-corrected chi connectivity index (χ1v) is 4.67. The third kappa shape index (κ3) is 3.56. The molecule has 68 valence electrons. The van der Waals surface area contributed by atoms with Gasteiger partial charge in [0.1, 0.15) is 6.10 Å². The standard InChI is InChI=1S/C10H16O2/c11-9-12-10-7-5-3-1-2-4-6-8-10/h3,5,9-10H,1-2,4,6-8H2. The highest BCUT2D eigenvalue weighted by atomic mass is 16.5. The SMILES string of the molecule is O=COC1CC=CCCCCC1. The summed E-state index contributed by atoms with van der Waals surface area (Å²) in [7, 11) is 0. The van der Waals surface area contributed by atoms with Gasteiger partial charge in [0.15, 0.2) is 0 Å². The summed E-state index contributed by atoms with van der Waals surface area (Å²) in [5.41, 5.74) is 0. The molecule has 1 atom stereocenters. The van der Waals surface area contributed by atoms with Crippen LogP contribution in [-0.4, -0.2) is 12.6 Å². The first-order chi connectivity index (χ1) is 5.93. The fourth-order valence-corrected chi connectivity index (χ4v) is 1.50. The second kappa shape index (κ2) is 5.81. The lowest BCUT2D eigenvalue weighted by Crippen LogP contribution is -2.10. The Bertz CT molecular complexity index is 152. The lowest BCUT2D eigenvalue weighted by molar-refractivity contribution is -0.133. The van der Waals surface area contributed by atoms with Crippen LogP contribution in [0.15, 0.2) is 12.2 Å². The van der Waals surface area contributed by atoms with Gasteiger partial charge in [-0.05, 0) is 25.7 Å². The van der Waals surface area contributed by atoms with Gasteiger partial charge in [-0.15, -0.1) is 0 Å². The minimum absolute atomic E-state index is 0.122. The minimum Gasteiger partial charge on any atom is -0.464 e. The number of carbonyl (C=O) groups excluding carboxylic acids is 1. The topological polar surface area (TPSA) is 26.3 Å². The van der Waals surface area contributed by atoms with Gasteiger partial charge in [-0.1, -0.05) is 18.6 Å². The van der Waals surface area contributed by atoms with Crippen molar-refractivity contribution in [1.82, 2.24) is 0 Å². The maximum absolute atomic E-state index is 10.1. The van der Waals surface area contributed by atoms with Crippen molar-refractivity contribution in [3.8, 4) is 0 Å². The Labute approximate surface area is 73.6 Å². The van der Waals surface area contributed by atoms with Gasteiger partial charge in [0, 0.05) is 6.42 Å². The Morgan fingerprint density at radius 3 is 3.00 bits per heavy atom. The molecule has 0 saturated heterocycles. The van der Waals surface area contributed by atoms with Crippen LogP contribution in [0, 0.1) is 0 Å². The van der Waals surface area contributed by atoms with Crippen molar-refractivity contribution in [3.63, 3.8) is 0 Å². The molecular formula is C10H16O2. The number of hydrogen-bond donors (Lipinski definition) is 0. The smallest absolute Gasteiger partial charge is 0.293 e. The summed E-state index contributed by atoms with van der Waals surface area (Å²) in [4.78, 5) is 10.1. The van der Waals surface area contributed by atoms with Gasteiger partial charge in [0.05, 0.1) is 0 Å². The average Bonchev–Trinajstić information content (AvgIpc) is 2.19. The second-order valence-electron chi connectivity index (χ2n) is 3.20. The third-order valence-corrected chi connectivity index (χ3v) is 2.21. The van der Waals surface area contributed by atoms with E-state index in [1.165, 1.54) is 25.7 Å². The molecule has 0 heterocycles. The molecule has 0 aromatic rings. The molecular weight excluding hydrogens is 152 g/mol. The van der Waals surface area contributed by atoms with E-state index in [1.54, 1.807) is 0 Å². The molecule has 0 aromatic heterocycles. The maximum Gasteiger partial charge on any atom is 0.293 e. The number of hydrogen-bond acceptors (Lipinski definition) is 2. The number of allylic oxidation sites excluding steroid dienone is 1. The number of ether oxygens (including phenoxy) is 1. The van der Waals surface area contributed by atoms with Crippen LogP contribution >= 0.6 is 0 Å². The van der Waals surface area contributed by atoms with Crippen molar-refractivity contribution >= 4 is 6.47 Å². The van der Waals surface area contributed by atoms with Gasteiger partial charge in [0.25, 0.3) is 6.47 Å². The Morgan fingerprint density at radius 2 is 2.17 bits per heavy atom. The first kappa shape index (κ1) is 9.30. The van der Waals surface area contributed by atoms with E-state index in [1.807, 2.05) is 0 Å². The van der Waals surface area contributed by atoms with Crippen molar-refractivity contribution in [2.45, 2.75) is 44.6 Å². The Morgan fingerprint density at radius 1 is 1.25 bits per heavy atom. The summed E-state index contributed by atoms with van der Waals surface area (Å²) in [5.74, 6) is 0. The van der Waals surface area contributed by atoms with Gasteiger partial charge >= 0.3 is 0 Å². The summed E-state index contributed by atoms with van der Waals surface area (Å²) >= 11 is 0. The minimum atomic E-state index is 0.122. The largest absolute Gasteiger partial charge is 0.464 e. The highest BCUT2D eigenvalue weighted by molar-refractivity contribution is 5.37. The van der Waals surface area contributed by atoms with Crippen molar-refractivity contribution in [2.24, 2.45) is 0 Å². The van der Waals surface area contributed by atoms with Crippen molar-refractivity contribution in [2.75, 3.05) is 0 Å². The van der Waals surface area contributed by atoms with Crippen LogP contribution in [0.5, 0.6) is 0 Å². The lowest BCUT2D eigenvalue weighted by atomic mass is 10.1. The van der Waals surface area contributed by atoms with Crippen LogP contribution in [0.3, 0.4) is 0 Å². The zero-order valence-electron chi connectivity index (χ0n) is 7.37. The van der Waals surface area contributed by atoms with Crippen molar-refractivity contribution in [1.29, 1.82) is 0 Å². The molecule has 0 spiro atoms. The predicted molar refractivity (Wildman–Crippen MR) is 47.8 cm³/mol. The monoisotopic (exact) mass is 168 g/mol. The third-order valence-electron chi connectivity index (χ3n) is 2.21. The van der Waals surface area contributed by atoms with Crippen molar-refractivity contribution < 1.29 is 9.53 Å². The fourth-order valence-electron chi connectivity index (χ4n) is 1.50. The molecule has 0 aliphatic heterocycles. The van der Waals surface area contributed by atoms with Gasteiger partial charge in [-0.25, -0.2) is 0 Å². The quantitative estimate of drug-likeness (QED) is 0.467. The molecule has 1 aliphatic carbocycles. The Balaban J connectivity index is 2.32. The van der Waals surface area contributed by atoms with E-state index in [9.17, 15) is 4.79 Å². The molecule has 0 fully saturated rings. The summed E-state index contributed by atoms with van der Waals surface area (Å²) in [6, 6.07) is 0. The zero-order chi connectivity index (χ0) is 8.65. The maximum atomic E-state index is 10.1. The van der Waals surface area contributed by atoms with E-state index in [0.717, 1.165) is 12.8 Å². The van der Waals surface area contributed by atoms with E-state index >= 15 is 0 Å². The van der Waals surface area contributed by atoms with E-state index in [-0.39, 0.29) is 6.10 Å². The Hall–Kier alpha value is -0.790. The van der Waals surface area contributed by atoms with E-state index in [2.05, 4.69) is 12.2 Å². The second-order valence-corrected chi connectivity index (χ2v) is 3.20. The summed E-state index contributed by atoms with van der Waals surface area (Å²) in [5, 5.41) is 0. The van der Waals surface area contributed by atoms with Crippen LogP contribution in [0.4, 0.5) is 0 Å². The molecule has 0 saturated carbocycles. The zero-order valence-corrected chi connectivity index (χ0v) is 7.37. The van der Waals surface area contributed by atoms with Crippen LogP contribution in [-0.2, 0) is 9.53 Å². The molecule has 0 N–H and O–H groups in total. The predicted octanol–water partition coefficient (Wildman–Crippen LogP) is 2.44. The van der Waals surface area contributed by atoms with Gasteiger partial charge in [0.2, 0.25) is 0 Å². The molecule has 0 bridgehead atoms. The summed E-state index contributed by atoms with van der Waals surface area (Å²) in [6.45, 7) is 0.566. The van der Waals surface area contributed by atoms with Gasteiger partial charge in [-0.3, -0.25) is 4.79 Å². The molecule has 12 heavy (non-hydrogen) atoms. The van der Waals surface area contributed by atoms with Crippen LogP contribution in [0.2, 0.25) is 0 Å². The average molecular weight is 168 g/mol. The molecule has 0 radical (unpaired) electrons. The molecule has 0 amide bonds. The molecule has 0 aromatic carbocycles. The highest BCUT2D eigenvalue weighted by Gasteiger charge is 2.07. The van der Waals surface area contributed by atoms with Gasteiger partial charge in [-0.2, -0.15) is 0 Å². The molecule has 1 rings (SSSR count). The Kier molecular flexibility index (Phi) is 4.50. The van der Waals surface area contributed by atoms with Crippen LogP contribution in [0.1, 0.15) is 38.5 Å². The van der Waals surface area contributed by atoms with Crippen LogP contribution < -0.4 is 0 Å². The highest BCUT2D eigenvalue weighted by Crippen LogP contribution is 2.14. The first-order valence-electron chi connectivity index (χ1n) is 4.67. The van der Waals surface area contributed by atoms with Crippen LogP contribution in [0.25, 0.3) is 0 Å². The molecule has 1 unspecified atom stereocenters. The number of carbonyl (C=O) groups is 1. The van der Waals surface area contributed by atoms with E-state index < -0.39 is 0 Å². The molecule has 2 nitrogen and oxygen atoms in total. The molecule has 2 heteroatoms. The summed E-state index contributed by atoms with van der Waals surface area (Å²) in [6.07, 6.45) is 11.2. The molecule has 1 aliphatic rings. The lowest BCUT2D eigenvalue weighted by Gasteiger charge is -2.11. The van der Waals surface area contributed by atoms with Crippen molar-refractivity contribution in [3.05, 3.63) is 12.2 Å². The summed E-state index contributed by atoms with van der Waals surface area (Å²) < 4.78 is 4.94. The van der Waals surface area contributed by atoms with E-state index in [0.29, 0.717) is 6.47 Å². The van der Waals surface area contributed by atoms with Gasteiger partial charge < -0.3 is 4.74 Å². The normalized spacial score (nSPS) is 25.2. The van der Waals surface area contributed by atoms with E-state index in [4.69, 9.17) is 4.74 Å². The fraction of sp³-hybridized carbons (Fsp3) is 0.700. The number of rotatable bonds is 2.